The minimum Gasteiger partial charge on any atom is -0.476 e. The van der Waals surface area contributed by atoms with Crippen molar-refractivity contribution in [3.05, 3.63) is 22.0 Å². The molecule has 0 unspecified atom stereocenters. The number of alkyl halides is 3. The molecular weight excluding hydrogens is 269 g/mol. The van der Waals surface area contributed by atoms with E-state index < -0.39 is 23.7 Å². The lowest BCUT2D eigenvalue weighted by Gasteiger charge is -2.06. The Kier molecular flexibility index (Phi) is 2.77. The quantitative estimate of drug-likeness (QED) is 0.869. The smallest absolute Gasteiger partial charge is 0.451 e. The Morgan fingerprint density at radius 3 is 2.39 bits per heavy atom. The van der Waals surface area contributed by atoms with Gasteiger partial charge in [0.2, 0.25) is 5.82 Å². The third-order valence-electron chi connectivity index (χ3n) is 2.48. The number of carboxylic acid groups (broad SMARTS) is 1. The van der Waals surface area contributed by atoms with Gasteiger partial charge in [-0.05, 0) is 19.4 Å². The number of hydrogen-bond donors (Lipinski definition) is 1. The van der Waals surface area contributed by atoms with Crippen molar-refractivity contribution in [2.45, 2.75) is 20.0 Å². The first kappa shape index (κ1) is 12.7. The number of carbonyl (C=O) groups is 1. The van der Waals surface area contributed by atoms with Crippen LogP contribution in [-0.4, -0.2) is 21.0 Å². The lowest BCUT2D eigenvalue weighted by Crippen LogP contribution is -2.14. The SMILES string of the molecule is Cc1sc2nc(C(F)(F)F)nc(C(=O)O)c2c1C. The monoisotopic (exact) mass is 276 g/mol. The minimum absolute atomic E-state index is 0.0460. The molecule has 96 valence electrons. The van der Waals surface area contributed by atoms with Crippen LogP contribution in [0.1, 0.15) is 26.8 Å². The Morgan fingerprint density at radius 2 is 1.89 bits per heavy atom. The molecule has 0 aromatic carbocycles. The van der Waals surface area contributed by atoms with Gasteiger partial charge in [-0.15, -0.1) is 11.3 Å². The molecule has 4 nitrogen and oxygen atoms in total. The zero-order valence-electron chi connectivity index (χ0n) is 9.29. The van der Waals surface area contributed by atoms with Gasteiger partial charge in [-0.25, -0.2) is 14.8 Å². The summed E-state index contributed by atoms with van der Waals surface area (Å²) < 4.78 is 37.7. The molecule has 0 aliphatic carbocycles. The number of halogens is 3. The summed E-state index contributed by atoms with van der Waals surface area (Å²) in [6.45, 7) is 3.33. The Balaban J connectivity index is 2.88. The number of aryl methyl sites for hydroxylation is 2. The van der Waals surface area contributed by atoms with Crippen LogP contribution in [-0.2, 0) is 6.18 Å². The number of nitrogens with zero attached hydrogens (tertiary/aromatic N) is 2. The van der Waals surface area contributed by atoms with E-state index in [4.69, 9.17) is 5.11 Å². The topological polar surface area (TPSA) is 63.1 Å². The van der Waals surface area contributed by atoms with Crippen LogP contribution in [0.5, 0.6) is 0 Å². The van der Waals surface area contributed by atoms with Crippen molar-refractivity contribution in [3.63, 3.8) is 0 Å². The summed E-state index contributed by atoms with van der Waals surface area (Å²) in [5.74, 6) is -2.91. The lowest BCUT2D eigenvalue weighted by molar-refractivity contribution is -0.144. The summed E-state index contributed by atoms with van der Waals surface area (Å²) in [5, 5.41) is 9.13. The maximum absolute atomic E-state index is 12.6. The fraction of sp³-hybridized carbons (Fsp3) is 0.300. The zero-order valence-corrected chi connectivity index (χ0v) is 10.1. The van der Waals surface area contributed by atoms with Gasteiger partial charge in [-0.2, -0.15) is 13.2 Å². The molecule has 0 saturated heterocycles. The molecular formula is C10H7F3N2O2S. The minimum atomic E-state index is -4.76. The molecule has 0 amide bonds. The Morgan fingerprint density at radius 1 is 1.28 bits per heavy atom. The highest BCUT2D eigenvalue weighted by Gasteiger charge is 2.36. The van der Waals surface area contributed by atoms with Crippen molar-refractivity contribution in [3.8, 4) is 0 Å². The molecule has 2 rings (SSSR count). The first-order valence-corrected chi connectivity index (χ1v) is 5.61. The molecule has 0 radical (unpaired) electrons. The van der Waals surface area contributed by atoms with E-state index in [0.717, 1.165) is 16.2 Å². The fourth-order valence-corrected chi connectivity index (χ4v) is 2.56. The van der Waals surface area contributed by atoms with Crippen molar-refractivity contribution in [1.29, 1.82) is 0 Å². The maximum atomic E-state index is 12.6. The number of carboxylic acids is 1. The highest BCUT2D eigenvalue weighted by atomic mass is 32.1. The van der Waals surface area contributed by atoms with Crippen molar-refractivity contribution in [2.24, 2.45) is 0 Å². The van der Waals surface area contributed by atoms with E-state index in [0.29, 0.717) is 5.56 Å². The number of aromatic nitrogens is 2. The van der Waals surface area contributed by atoms with E-state index in [1.165, 1.54) is 0 Å². The molecule has 2 aromatic rings. The first-order chi connectivity index (χ1) is 8.21. The highest BCUT2D eigenvalue weighted by Crippen LogP contribution is 2.34. The maximum Gasteiger partial charge on any atom is 0.451 e. The van der Waals surface area contributed by atoms with Gasteiger partial charge in [0.1, 0.15) is 4.83 Å². The van der Waals surface area contributed by atoms with E-state index in [-0.39, 0.29) is 10.2 Å². The molecule has 2 aromatic heterocycles. The van der Waals surface area contributed by atoms with Crippen LogP contribution in [0.3, 0.4) is 0 Å². The van der Waals surface area contributed by atoms with E-state index in [1.807, 2.05) is 0 Å². The average Bonchev–Trinajstić information content (AvgIpc) is 2.52. The van der Waals surface area contributed by atoms with Crippen molar-refractivity contribution in [2.75, 3.05) is 0 Å². The third-order valence-corrected chi connectivity index (χ3v) is 3.59. The van der Waals surface area contributed by atoms with Crippen LogP contribution in [0.25, 0.3) is 10.2 Å². The van der Waals surface area contributed by atoms with Crippen LogP contribution in [0.4, 0.5) is 13.2 Å². The van der Waals surface area contributed by atoms with E-state index >= 15 is 0 Å². The van der Waals surface area contributed by atoms with Crippen molar-refractivity contribution < 1.29 is 23.1 Å². The summed E-state index contributed by atoms with van der Waals surface area (Å²) in [4.78, 5) is 18.3. The lowest BCUT2D eigenvalue weighted by atomic mass is 10.1. The van der Waals surface area contributed by atoms with Gasteiger partial charge in [0.15, 0.2) is 5.69 Å². The molecule has 0 saturated carbocycles. The zero-order chi connectivity index (χ0) is 13.7. The number of fused-ring (bicyclic) bond motifs is 1. The summed E-state index contributed by atoms with van der Waals surface area (Å²) >= 11 is 1.03. The molecule has 0 aliphatic rings. The number of hydrogen-bond acceptors (Lipinski definition) is 4. The van der Waals surface area contributed by atoms with Gasteiger partial charge < -0.3 is 5.11 Å². The van der Waals surface area contributed by atoms with Crippen LogP contribution in [0, 0.1) is 13.8 Å². The van der Waals surface area contributed by atoms with Gasteiger partial charge in [-0.3, -0.25) is 0 Å². The normalized spacial score (nSPS) is 12.1. The Bertz CT molecular complexity index is 649. The van der Waals surface area contributed by atoms with Crippen LogP contribution < -0.4 is 0 Å². The largest absolute Gasteiger partial charge is 0.476 e. The standard InChI is InChI=1S/C10H7F3N2O2S/c1-3-4(2)18-7-5(3)6(8(16)17)14-9(15-7)10(11,12)13/h1-2H3,(H,16,17). The van der Waals surface area contributed by atoms with E-state index in [9.17, 15) is 18.0 Å². The molecule has 2 heterocycles. The average molecular weight is 276 g/mol. The molecule has 1 N–H and O–H groups in total. The second-order valence-corrected chi connectivity index (χ2v) is 4.87. The predicted molar refractivity (Wildman–Crippen MR) is 58.9 cm³/mol. The molecule has 18 heavy (non-hydrogen) atoms. The Hall–Kier alpha value is -1.70. The number of thiophene rings is 1. The molecule has 0 bridgehead atoms. The van der Waals surface area contributed by atoms with Crippen LogP contribution >= 0.6 is 11.3 Å². The van der Waals surface area contributed by atoms with Crippen LogP contribution in [0.15, 0.2) is 0 Å². The summed E-state index contributed by atoms with van der Waals surface area (Å²) in [6, 6.07) is 0. The molecule has 0 aliphatic heterocycles. The first-order valence-electron chi connectivity index (χ1n) is 4.80. The summed E-state index contributed by atoms with van der Waals surface area (Å²) in [5.41, 5.74) is -0.00435. The van der Waals surface area contributed by atoms with Gasteiger partial charge in [0.05, 0.1) is 0 Å². The molecule has 0 spiro atoms. The molecule has 0 atom stereocenters. The van der Waals surface area contributed by atoms with Crippen molar-refractivity contribution >= 4 is 27.5 Å². The van der Waals surface area contributed by atoms with Crippen molar-refractivity contribution in [1.82, 2.24) is 9.97 Å². The van der Waals surface area contributed by atoms with Gasteiger partial charge >= 0.3 is 12.1 Å². The highest BCUT2D eigenvalue weighted by molar-refractivity contribution is 7.18. The van der Waals surface area contributed by atoms with Gasteiger partial charge in [0, 0.05) is 10.3 Å². The van der Waals surface area contributed by atoms with Gasteiger partial charge in [0.25, 0.3) is 0 Å². The number of rotatable bonds is 1. The summed E-state index contributed by atoms with van der Waals surface area (Å²) in [6.07, 6.45) is -4.76. The Labute approximate surface area is 103 Å². The predicted octanol–water partition coefficient (Wildman–Crippen LogP) is 3.03. The summed E-state index contributed by atoms with van der Waals surface area (Å²) in [7, 11) is 0. The van der Waals surface area contributed by atoms with Gasteiger partial charge in [-0.1, -0.05) is 0 Å². The van der Waals surface area contributed by atoms with Crippen LogP contribution in [0.2, 0.25) is 0 Å². The third kappa shape index (κ3) is 1.92. The second kappa shape index (κ2) is 3.91. The number of aromatic carboxylic acids is 1. The van der Waals surface area contributed by atoms with E-state index in [2.05, 4.69) is 9.97 Å². The van der Waals surface area contributed by atoms with E-state index in [1.54, 1.807) is 13.8 Å². The second-order valence-electron chi connectivity index (χ2n) is 3.66. The fourth-order valence-electron chi connectivity index (χ4n) is 1.53. The molecule has 8 heteroatoms. The molecule has 0 fully saturated rings.